The molecule has 0 bridgehead atoms. The van der Waals surface area contributed by atoms with E-state index in [4.69, 9.17) is 4.74 Å². The average molecular weight is 420 g/mol. The zero-order chi connectivity index (χ0) is 15.2. The van der Waals surface area contributed by atoms with Gasteiger partial charge in [0.25, 0.3) is 0 Å². The Morgan fingerprint density at radius 1 is 1.33 bits per heavy atom. The highest BCUT2D eigenvalue weighted by atomic mass is 79.9. The van der Waals surface area contributed by atoms with Crippen molar-refractivity contribution in [1.82, 2.24) is 5.32 Å². The second kappa shape index (κ2) is 8.27. The van der Waals surface area contributed by atoms with E-state index in [1.54, 1.807) is 0 Å². The van der Waals surface area contributed by atoms with Crippen LogP contribution in [0.3, 0.4) is 0 Å². The Morgan fingerprint density at radius 2 is 1.95 bits per heavy atom. The number of aryl methyl sites for hydroxylation is 1. The van der Waals surface area contributed by atoms with E-state index < -0.39 is 0 Å². The van der Waals surface area contributed by atoms with Crippen LogP contribution in [0.5, 0.6) is 0 Å². The van der Waals surface area contributed by atoms with Gasteiger partial charge in [-0.2, -0.15) is 0 Å². The van der Waals surface area contributed by atoms with Crippen LogP contribution in [0.25, 0.3) is 0 Å². The molecule has 1 aromatic rings. The number of nitrogens with one attached hydrogen (secondary N) is 2. The number of carbonyl (C=O) groups is 1. The minimum Gasteiger partial charge on any atom is -0.378 e. The van der Waals surface area contributed by atoms with Crippen molar-refractivity contribution >= 4 is 43.5 Å². The lowest BCUT2D eigenvalue weighted by molar-refractivity contribution is -0.117. The largest absolute Gasteiger partial charge is 0.378 e. The zero-order valence-corrected chi connectivity index (χ0v) is 15.2. The molecule has 0 aliphatic carbocycles. The van der Waals surface area contributed by atoms with E-state index in [9.17, 15) is 4.79 Å². The van der Waals surface area contributed by atoms with E-state index >= 15 is 0 Å². The fourth-order valence-corrected chi connectivity index (χ4v) is 3.92. The van der Waals surface area contributed by atoms with Crippen LogP contribution >= 0.6 is 31.9 Å². The van der Waals surface area contributed by atoms with Gasteiger partial charge in [0.1, 0.15) is 0 Å². The summed E-state index contributed by atoms with van der Waals surface area (Å²) in [5.41, 5.74) is 1.90. The lowest BCUT2D eigenvalue weighted by atomic mass is 10.1. The Morgan fingerprint density at radius 3 is 2.57 bits per heavy atom. The number of hydrogen-bond acceptors (Lipinski definition) is 3. The van der Waals surface area contributed by atoms with Gasteiger partial charge < -0.3 is 15.4 Å². The van der Waals surface area contributed by atoms with E-state index in [0.717, 1.165) is 46.1 Å². The van der Waals surface area contributed by atoms with Crippen LogP contribution in [0, 0.1) is 6.92 Å². The van der Waals surface area contributed by atoms with Gasteiger partial charge in [-0.05, 0) is 82.4 Å². The maximum atomic E-state index is 12.0. The third kappa shape index (κ3) is 5.36. The molecule has 0 atom stereocenters. The number of anilines is 1. The number of benzene rings is 1. The Balaban J connectivity index is 1.79. The lowest BCUT2D eigenvalue weighted by Gasteiger charge is -2.22. The van der Waals surface area contributed by atoms with Crippen molar-refractivity contribution in [3.8, 4) is 0 Å². The van der Waals surface area contributed by atoms with Gasteiger partial charge in [-0.3, -0.25) is 4.79 Å². The quantitative estimate of drug-likeness (QED) is 0.766. The van der Waals surface area contributed by atoms with Crippen LogP contribution in [-0.4, -0.2) is 31.7 Å². The highest BCUT2D eigenvalue weighted by Crippen LogP contribution is 2.32. The summed E-state index contributed by atoms with van der Waals surface area (Å²) in [5.74, 6) is -0.0332. The maximum absolute atomic E-state index is 12.0. The van der Waals surface area contributed by atoms with Gasteiger partial charge in [0.05, 0.1) is 24.8 Å². The average Bonchev–Trinajstić information content (AvgIpc) is 2.44. The van der Waals surface area contributed by atoms with Gasteiger partial charge in [0.15, 0.2) is 0 Å². The van der Waals surface area contributed by atoms with Crippen molar-refractivity contribution in [3.63, 3.8) is 0 Å². The van der Waals surface area contributed by atoms with Crippen LogP contribution < -0.4 is 10.6 Å². The molecule has 4 nitrogen and oxygen atoms in total. The molecule has 1 aliphatic heterocycles. The molecule has 2 rings (SSSR count). The molecule has 0 aromatic heterocycles. The highest BCUT2D eigenvalue weighted by Gasteiger charge is 2.14. The molecule has 0 unspecified atom stereocenters. The predicted octanol–water partition coefficient (Wildman–Crippen LogP) is 3.62. The summed E-state index contributed by atoms with van der Waals surface area (Å²) in [6.45, 7) is 4.48. The first kappa shape index (κ1) is 16.9. The number of piperidine rings is 1. The first-order valence-corrected chi connectivity index (χ1v) is 8.72. The molecule has 6 heteroatoms. The van der Waals surface area contributed by atoms with Gasteiger partial charge in [-0.25, -0.2) is 0 Å². The van der Waals surface area contributed by atoms with Crippen LogP contribution in [0.4, 0.5) is 5.69 Å². The molecule has 2 N–H and O–H groups in total. The number of rotatable bonds is 5. The monoisotopic (exact) mass is 418 g/mol. The van der Waals surface area contributed by atoms with E-state index in [0.29, 0.717) is 13.0 Å². The number of ether oxygens (including phenoxy) is 1. The Kier molecular flexibility index (Phi) is 6.67. The fraction of sp³-hybridized carbons (Fsp3) is 0.533. The first-order valence-electron chi connectivity index (χ1n) is 7.14. The molecule has 1 fully saturated rings. The predicted molar refractivity (Wildman–Crippen MR) is 91.7 cm³/mol. The van der Waals surface area contributed by atoms with Crippen molar-refractivity contribution in [3.05, 3.63) is 26.6 Å². The van der Waals surface area contributed by atoms with Crippen molar-refractivity contribution in [2.75, 3.05) is 25.0 Å². The van der Waals surface area contributed by atoms with Gasteiger partial charge >= 0.3 is 0 Å². The summed E-state index contributed by atoms with van der Waals surface area (Å²) in [7, 11) is 0. The summed E-state index contributed by atoms with van der Waals surface area (Å²) < 4.78 is 7.50. The summed E-state index contributed by atoms with van der Waals surface area (Å²) in [5, 5.41) is 6.21. The Labute approximate surface area is 142 Å². The summed E-state index contributed by atoms with van der Waals surface area (Å²) in [6.07, 6.45) is 2.71. The molecule has 21 heavy (non-hydrogen) atoms. The van der Waals surface area contributed by atoms with Crippen LogP contribution in [0.15, 0.2) is 21.1 Å². The van der Waals surface area contributed by atoms with Gasteiger partial charge in [0.2, 0.25) is 5.91 Å². The van der Waals surface area contributed by atoms with Gasteiger partial charge in [0, 0.05) is 8.95 Å². The first-order chi connectivity index (χ1) is 10.1. The summed E-state index contributed by atoms with van der Waals surface area (Å²) >= 11 is 6.95. The molecule has 116 valence electrons. The van der Waals surface area contributed by atoms with E-state index in [1.165, 1.54) is 0 Å². The number of carbonyl (C=O) groups excluding carboxylic acids is 1. The Bertz CT molecular complexity index is 479. The van der Waals surface area contributed by atoms with Crippen LogP contribution in [0.2, 0.25) is 0 Å². The number of hydrogen-bond donors (Lipinski definition) is 2. The maximum Gasteiger partial charge on any atom is 0.226 e. The Hall–Kier alpha value is -0.430. The summed E-state index contributed by atoms with van der Waals surface area (Å²) in [4.78, 5) is 12.0. The van der Waals surface area contributed by atoms with E-state index in [1.807, 2.05) is 19.1 Å². The molecule has 0 radical (unpaired) electrons. The molecule has 1 saturated heterocycles. The van der Waals surface area contributed by atoms with Gasteiger partial charge in [-0.1, -0.05) is 0 Å². The van der Waals surface area contributed by atoms with Crippen molar-refractivity contribution < 1.29 is 9.53 Å². The number of halogens is 2. The lowest BCUT2D eigenvalue weighted by Crippen LogP contribution is -2.33. The second-order valence-electron chi connectivity index (χ2n) is 5.22. The SMILES string of the molecule is Cc1cc(Br)c(NC(=O)CCOC2CCNCC2)c(Br)c1. The zero-order valence-electron chi connectivity index (χ0n) is 12.0. The molecule has 1 heterocycles. The van der Waals surface area contributed by atoms with Crippen molar-refractivity contribution in [2.24, 2.45) is 0 Å². The highest BCUT2D eigenvalue weighted by molar-refractivity contribution is 9.11. The van der Waals surface area contributed by atoms with Crippen molar-refractivity contribution in [1.29, 1.82) is 0 Å². The normalized spacial score (nSPS) is 16.0. The van der Waals surface area contributed by atoms with Crippen LogP contribution in [0.1, 0.15) is 24.8 Å². The van der Waals surface area contributed by atoms with E-state index in [2.05, 4.69) is 42.5 Å². The van der Waals surface area contributed by atoms with Crippen molar-refractivity contribution in [2.45, 2.75) is 32.3 Å². The number of amides is 1. The third-order valence-corrected chi connectivity index (χ3v) is 4.67. The molecular formula is C15H20Br2N2O2. The molecule has 0 saturated carbocycles. The smallest absolute Gasteiger partial charge is 0.226 e. The minimum absolute atomic E-state index is 0.0332. The molecule has 0 spiro atoms. The van der Waals surface area contributed by atoms with Gasteiger partial charge in [-0.15, -0.1) is 0 Å². The fourth-order valence-electron chi connectivity index (χ4n) is 2.30. The molecule has 1 aromatic carbocycles. The third-order valence-electron chi connectivity index (χ3n) is 3.42. The molecular weight excluding hydrogens is 400 g/mol. The summed E-state index contributed by atoms with van der Waals surface area (Å²) in [6, 6.07) is 3.96. The topological polar surface area (TPSA) is 50.4 Å². The standard InChI is InChI=1S/C15H20Br2N2O2/c1-10-8-12(16)15(13(17)9-10)19-14(20)4-7-21-11-2-5-18-6-3-11/h8-9,11,18H,2-7H2,1H3,(H,19,20). The van der Waals surface area contributed by atoms with Crippen LogP contribution in [-0.2, 0) is 9.53 Å². The molecule has 1 amide bonds. The molecule has 1 aliphatic rings. The van der Waals surface area contributed by atoms with E-state index in [-0.39, 0.29) is 12.0 Å². The second-order valence-corrected chi connectivity index (χ2v) is 6.93. The minimum atomic E-state index is -0.0332.